The summed E-state index contributed by atoms with van der Waals surface area (Å²) in [5.41, 5.74) is 0.575. The summed E-state index contributed by atoms with van der Waals surface area (Å²) in [5, 5.41) is 29.1. The van der Waals surface area contributed by atoms with Crippen LogP contribution in [0.4, 0.5) is 11.4 Å². The van der Waals surface area contributed by atoms with E-state index < -0.39 is 10.0 Å². The average Bonchev–Trinajstić information content (AvgIpc) is 2.87. The molecule has 1 aromatic carbocycles. The minimum Gasteiger partial charge on any atom is -0.345 e. The minimum atomic E-state index is -3.24. The van der Waals surface area contributed by atoms with Crippen molar-refractivity contribution in [2.75, 3.05) is 21.9 Å². The lowest BCUT2D eigenvalue weighted by molar-refractivity contribution is 0.599. The first-order valence-corrected chi connectivity index (χ1v) is 7.95. The fourth-order valence-electron chi connectivity index (χ4n) is 2.07. The SMILES string of the molecule is N#CC(C#N)=C(C#N)Nc1ccc(N2CCCS2(=O)=O)cc1. The number of benzene rings is 1. The van der Waals surface area contributed by atoms with Crippen molar-refractivity contribution < 1.29 is 8.42 Å². The molecule has 1 aliphatic heterocycles. The number of nitrogens with zero attached hydrogens (tertiary/aromatic N) is 4. The highest BCUT2D eigenvalue weighted by molar-refractivity contribution is 7.93. The van der Waals surface area contributed by atoms with Crippen LogP contribution in [0.2, 0.25) is 0 Å². The van der Waals surface area contributed by atoms with Crippen molar-refractivity contribution in [1.82, 2.24) is 0 Å². The highest BCUT2D eigenvalue weighted by Gasteiger charge is 2.28. The van der Waals surface area contributed by atoms with Crippen molar-refractivity contribution in [2.24, 2.45) is 0 Å². The fraction of sp³-hybridized carbons (Fsp3) is 0.214. The molecular formula is C14H11N5O2S. The van der Waals surface area contributed by atoms with Gasteiger partial charge in [0.05, 0.1) is 11.4 Å². The molecule has 1 aromatic rings. The zero-order valence-electron chi connectivity index (χ0n) is 11.4. The number of nitriles is 3. The summed E-state index contributed by atoms with van der Waals surface area (Å²) in [7, 11) is -3.24. The second-order valence-corrected chi connectivity index (χ2v) is 6.51. The molecule has 0 radical (unpaired) electrons. The molecule has 0 saturated carbocycles. The minimum absolute atomic E-state index is 0.141. The Balaban J connectivity index is 2.24. The molecule has 1 saturated heterocycles. The van der Waals surface area contributed by atoms with Crippen LogP contribution in [0, 0.1) is 34.0 Å². The molecule has 7 nitrogen and oxygen atoms in total. The van der Waals surface area contributed by atoms with Gasteiger partial charge in [-0.05, 0) is 30.7 Å². The Labute approximate surface area is 128 Å². The van der Waals surface area contributed by atoms with Gasteiger partial charge < -0.3 is 5.32 Å². The van der Waals surface area contributed by atoms with Crippen molar-refractivity contribution in [3.63, 3.8) is 0 Å². The molecule has 0 amide bonds. The van der Waals surface area contributed by atoms with E-state index in [0.29, 0.717) is 24.3 Å². The van der Waals surface area contributed by atoms with Gasteiger partial charge in [0.15, 0.2) is 5.57 Å². The molecule has 0 atom stereocenters. The lowest BCUT2D eigenvalue weighted by atomic mass is 10.2. The first kappa shape index (κ1) is 15.4. The van der Waals surface area contributed by atoms with Crippen LogP contribution in [-0.4, -0.2) is 20.7 Å². The summed E-state index contributed by atoms with van der Waals surface area (Å²) in [6, 6.07) is 11.4. The molecule has 22 heavy (non-hydrogen) atoms. The summed E-state index contributed by atoms with van der Waals surface area (Å²) in [6.45, 7) is 0.450. The molecular weight excluding hydrogens is 302 g/mol. The van der Waals surface area contributed by atoms with Crippen LogP contribution >= 0.6 is 0 Å². The normalized spacial score (nSPS) is 15.2. The standard InChI is InChI=1S/C14H11N5O2S/c15-8-11(9-16)14(10-17)18-12-2-4-13(5-3-12)19-6-1-7-22(19,20)21/h2-5,18H,1,6-7H2. The first-order chi connectivity index (χ1) is 10.5. The summed E-state index contributed by atoms with van der Waals surface area (Å²) in [6.07, 6.45) is 0.595. The summed E-state index contributed by atoms with van der Waals surface area (Å²) in [5.74, 6) is 0.141. The van der Waals surface area contributed by atoms with Crippen molar-refractivity contribution in [1.29, 1.82) is 15.8 Å². The van der Waals surface area contributed by atoms with Crippen LogP contribution < -0.4 is 9.62 Å². The fourth-order valence-corrected chi connectivity index (χ4v) is 3.63. The van der Waals surface area contributed by atoms with Gasteiger partial charge in [-0.25, -0.2) is 8.42 Å². The van der Waals surface area contributed by atoms with E-state index >= 15 is 0 Å². The predicted octanol–water partition coefficient (Wildman–Crippen LogP) is 1.46. The maximum Gasteiger partial charge on any atom is 0.235 e. The van der Waals surface area contributed by atoms with Crippen molar-refractivity contribution in [3.05, 3.63) is 35.5 Å². The third-order valence-electron chi connectivity index (χ3n) is 3.11. The predicted molar refractivity (Wildman–Crippen MR) is 79.7 cm³/mol. The lowest BCUT2D eigenvalue weighted by Crippen LogP contribution is -2.24. The van der Waals surface area contributed by atoms with Crippen LogP contribution in [0.5, 0.6) is 0 Å². The Hall–Kier alpha value is -3.02. The second kappa shape index (κ2) is 6.17. The third-order valence-corrected chi connectivity index (χ3v) is 4.98. The lowest BCUT2D eigenvalue weighted by Gasteiger charge is -2.17. The molecule has 0 unspecified atom stereocenters. The van der Waals surface area contributed by atoms with Gasteiger partial charge in [0.25, 0.3) is 0 Å². The molecule has 110 valence electrons. The van der Waals surface area contributed by atoms with Crippen LogP contribution in [0.3, 0.4) is 0 Å². The largest absolute Gasteiger partial charge is 0.345 e. The summed E-state index contributed by atoms with van der Waals surface area (Å²) in [4.78, 5) is 0. The molecule has 1 aliphatic rings. The maximum absolute atomic E-state index is 11.8. The molecule has 0 spiro atoms. The van der Waals surface area contributed by atoms with Crippen molar-refractivity contribution in [2.45, 2.75) is 6.42 Å². The number of rotatable bonds is 3. The molecule has 2 rings (SSSR count). The highest BCUT2D eigenvalue weighted by Crippen LogP contribution is 2.25. The Bertz CT molecular complexity index is 819. The van der Waals surface area contributed by atoms with Gasteiger partial charge in [-0.2, -0.15) is 15.8 Å². The van der Waals surface area contributed by atoms with Gasteiger partial charge in [0.2, 0.25) is 10.0 Å². The summed E-state index contributed by atoms with van der Waals surface area (Å²) >= 11 is 0. The topological polar surface area (TPSA) is 121 Å². The van der Waals surface area contributed by atoms with E-state index in [1.165, 1.54) is 4.31 Å². The number of nitrogens with one attached hydrogen (secondary N) is 1. The van der Waals surface area contributed by atoms with Gasteiger partial charge in [0.1, 0.15) is 23.9 Å². The number of hydrogen-bond donors (Lipinski definition) is 1. The number of hydrogen-bond acceptors (Lipinski definition) is 6. The van der Waals surface area contributed by atoms with Gasteiger partial charge >= 0.3 is 0 Å². The zero-order chi connectivity index (χ0) is 16.2. The van der Waals surface area contributed by atoms with Gasteiger partial charge in [0, 0.05) is 12.2 Å². The first-order valence-electron chi connectivity index (χ1n) is 6.34. The second-order valence-electron chi connectivity index (χ2n) is 4.50. The molecule has 1 heterocycles. The van der Waals surface area contributed by atoms with Gasteiger partial charge in [-0.15, -0.1) is 0 Å². The van der Waals surface area contributed by atoms with Gasteiger partial charge in [-0.3, -0.25) is 4.31 Å². The Morgan fingerprint density at radius 3 is 2.18 bits per heavy atom. The Morgan fingerprint density at radius 2 is 1.73 bits per heavy atom. The smallest absolute Gasteiger partial charge is 0.235 e. The van der Waals surface area contributed by atoms with E-state index in [0.717, 1.165) is 0 Å². The van der Waals surface area contributed by atoms with Crippen LogP contribution in [0.15, 0.2) is 35.5 Å². The van der Waals surface area contributed by atoms with Gasteiger partial charge in [-0.1, -0.05) is 0 Å². The molecule has 8 heteroatoms. The van der Waals surface area contributed by atoms with E-state index in [4.69, 9.17) is 15.8 Å². The van der Waals surface area contributed by atoms with E-state index in [9.17, 15) is 8.42 Å². The third kappa shape index (κ3) is 3.01. The summed E-state index contributed by atoms with van der Waals surface area (Å²) < 4.78 is 25.0. The number of sulfonamides is 1. The van der Waals surface area contributed by atoms with E-state index in [-0.39, 0.29) is 17.0 Å². The van der Waals surface area contributed by atoms with Crippen LogP contribution in [0.1, 0.15) is 6.42 Å². The number of allylic oxidation sites excluding steroid dienone is 2. The van der Waals surface area contributed by atoms with Crippen molar-refractivity contribution >= 4 is 21.4 Å². The Kier molecular flexibility index (Phi) is 4.31. The zero-order valence-corrected chi connectivity index (χ0v) is 12.3. The average molecular weight is 313 g/mol. The van der Waals surface area contributed by atoms with E-state index in [2.05, 4.69) is 5.32 Å². The maximum atomic E-state index is 11.8. The van der Waals surface area contributed by atoms with Crippen LogP contribution in [-0.2, 0) is 10.0 Å². The van der Waals surface area contributed by atoms with Crippen LogP contribution in [0.25, 0.3) is 0 Å². The quantitative estimate of drug-likeness (QED) is 0.843. The number of anilines is 2. The molecule has 1 fully saturated rings. The molecule has 0 bridgehead atoms. The van der Waals surface area contributed by atoms with E-state index in [1.807, 2.05) is 0 Å². The Morgan fingerprint density at radius 1 is 1.09 bits per heavy atom. The van der Waals surface area contributed by atoms with Crippen molar-refractivity contribution in [3.8, 4) is 18.2 Å². The monoisotopic (exact) mass is 313 g/mol. The highest BCUT2D eigenvalue weighted by atomic mass is 32.2. The molecule has 0 aliphatic carbocycles. The van der Waals surface area contributed by atoms with E-state index in [1.54, 1.807) is 42.5 Å². The molecule has 1 N–H and O–H groups in total. The molecule has 0 aromatic heterocycles.